The van der Waals surface area contributed by atoms with Gasteiger partial charge in [-0.1, -0.05) is 12.1 Å². The van der Waals surface area contributed by atoms with Crippen LogP contribution in [-0.2, 0) is 10.1 Å². The van der Waals surface area contributed by atoms with Crippen molar-refractivity contribution in [3.05, 3.63) is 49.6 Å². The summed E-state index contributed by atoms with van der Waals surface area (Å²) in [5, 5.41) is 0. The number of hydrogen-bond donors (Lipinski definition) is 1. The largest absolute Gasteiger partial charge is 0.497 e. The normalized spacial score (nSPS) is 12.7. The highest BCUT2D eigenvalue weighted by molar-refractivity contribution is 7.85. The second-order valence-electron chi connectivity index (χ2n) is 4.76. The van der Waals surface area contributed by atoms with E-state index in [1.807, 2.05) is 6.07 Å². The van der Waals surface area contributed by atoms with Gasteiger partial charge in [-0.05, 0) is 24.3 Å². The van der Waals surface area contributed by atoms with Crippen molar-refractivity contribution >= 4 is 10.1 Å². The SMILES string of the molecule is COc1ccc2c(c1)[I+]c1ccccc1-2.O=S(=O)(O)CC(F)(F)F. The lowest BCUT2D eigenvalue weighted by Gasteiger charge is -2.00. The lowest BCUT2D eigenvalue weighted by molar-refractivity contribution is -0.589. The van der Waals surface area contributed by atoms with Crippen LogP contribution < -0.4 is 25.9 Å². The van der Waals surface area contributed by atoms with Crippen molar-refractivity contribution in [2.75, 3.05) is 12.9 Å². The molecule has 3 rings (SSSR count). The van der Waals surface area contributed by atoms with Gasteiger partial charge >= 0.3 is 27.4 Å². The Balaban J connectivity index is 0.000000202. The van der Waals surface area contributed by atoms with E-state index in [1.54, 1.807) is 7.11 Å². The highest BCUT2D eigenvalue weighted by atomic mass is 127. The van der Waals surface area contributed by atoms with Gasteiger partial charge < -0.3 is 4.74 Å². The van der Waals surface area contributed by atoms with E-state index < -0.39 is 22.0 Å². The summed E-state index contributed by atoms with van der Waals surface area (Å²) in [6, 6.07) is 15.1. The molecule has 1 aliphatic heterocycles. The van der Waals surface area contributed by atoms with Crippen LogP contribution in [0, 0.1) is 7.14 Å². The predicted octanol–water partition coefficient (Wildman–Crippen LogP) is 0.241. The average Bonchev–Trinajstić information content (AvgIpc) is 2.81. The van der Waals surface area contributed by atoms with Gasteiger partial charge in [0.05, 0.1) is 7.11 Å². The molecule has 0 bridgehead atoms. The number of hydrogen-bond acceptors (Lipinski definition) is 3. The fraction of sp³-hybridized carbons (Fsp3) is 0.200. The summed E-state index contributed by atoms with van der Waals surface area (Å²) in [7, 11) is -3.18. The molecule has 0 aromatic heterocycles. The Kier molecular flexibility index (Phi) is 5.76. The van der Waals surface area contributed by atoms with Crippen molar-refractivity contribution in [1.82, 2.24) is 0 Å². The second kappa shape index (κ2) is 7.28. The van der Waals surface area contributed by atoms with Crippen molar-refractivity contribution in [1.29, 1.82) is 0 Å². The minimum absolute atomic E-state index is 0.000115. The van der Waals surface area contributed by atoms with Gasteiger partial charge in [0.1, 0.15) is 5.75 Å². The third-order valence-corrected chi connectivity index (χ3v) is 6.58. The number of ether oxygens (including phenoxy) is 1. The summed E-state index contributed by atoms with van der Waals surface area (Å²) in [5.41, 5.74) is 2.82. The minimum Gasteiger partial charge on any atom is -0.497 e. The van der Waals surface area contributed by atoms with Crippen LogP contribution >= 0.6 is 0 Å². The molecular weight excluding hydrogens is 460 g/mol. The summed E-state index contributed by atoms with van der Waals surface area (Å²) < 4.78 is 67.9. The fourth-order valence-electron chi connectivity index (χ4n) is 2.00. The van der Waals surface area contributed by atoms with Crippen molar-refractivity contribution in [3.8, 4) is 16.9 Å². The molecule has 24 heavy (non-hydrogen) atoms. The number of halogens is 4. The van der Waals surface area contributed by atoms with Gasteiger partial charge in [-0.15, -0.1) is 0 Å². The molecule has 0 atom stereocenters. The van der Waals surface area contributed by atoms with Crippen LogP contribution in [0.15, 0.2) is 42.5 Å². The molecule has 9 heteroatoms. The Morgan fingerprint density at radius 2 is 1.71 bits per heavy atom. The molecule has 0 unspecified atom stereocenters. The average molecular weight is 473 g/mol. The quantitative estimate of drug-likeness (QED) is 0.428. The maximum atomic E-state index is 11.0. The lowest BCUT2D eigenvalue weighted by Crippen LogP contribution is -3.61. The predicted molar refractivity (Wildman–Crippen MR) is 78.3 cm³/mol. The van der Waals surface area contributed by atoms with E-state index in [-0.39, 0.29) is 21.2 Å². The van der Waals surface area contributed by atoms with Crippen molar-refractivity contribution in [3.63, 3.8) is 0 Å². The van der Waals surface area contributed by atoms with Crippen LogP contribution in [0.25, 0.3) is 11.1 Å². The van der Waals surface area contributed by atoms with Gasteiger partial charge in [-0.2, -0.15) is 21.6 Å². The molecule has 0 spiro atoms. The number of fused-ring (bicyclic) bond motifs is 3. The van der Waals surface area contributed by atoms with E-state index in [0.717, 1.165) is 5.75 Å². The monoisotopic (exact) mass is 473 g/mol. The van der Waals surface area contributed by atoms with Crippen molar-refractivity contribution in [2.24, 2.45) is 0 Å². The Bertz CT molecular complexity index is 835. The summed E-state index contributed by atoms with van der Waals surface area (Å²) in [4.78, 5) is 0. The fourth-order valence-corrected chi connectivity index (χ4v) is 5.41. The van der Waals surface area contributed by atoms with Crippen LogP contribution in [0.4, 0.5) is 13.2 Å². The van der Waals surface area contributed by atoms with E-state index >= 15 is 0 Å². The smallest absolute Gasteiger partial charge is 0.405 e. The molecule has 1 aliphatic rings. The van der Waals surface area contributed by atoms with Crippen LogP contribution in [0.3, 0.4) is 0 Å². The topological polar surface area (TPSA) is 63.6 Å². The number of benzene rings is 2. The van der Waals surface area contributed by atoms with Crippen molar-refractivity contribution in [2.45, 2.75) is 6.18 Å². The van der Waals surface area contributed by atoms with E-state index in [1.165, 1.54) is 18.3 Å². The van der Waals surface area contributed by atoms with Gasteiger partial charge in [0.25, 0.3) is 10.1 Å². The lowest BCUT2D eigenvalue weighted by atomic mass is 10.1. The van der Waals surface area contributed by atoms with Gasteiger partial charge in [0, 0.05) is 17.2 Å². The third-order valence-electron chi connectivity index (χ3n) is 2.89. The molecule has 2 aromatic carbocycles. The van der Waals surface area contributed by atoms with E-state index in [9.17, 15) is 21.6 Å². The molecule has 0 amide bonds. The molecule has 4 nitrogen and oxygen atoms in total. The zero-order valence-corrected chi connectivity index (χ0v) is 15.3. The van der Waals surface area contributed by atoms with E-state index in [0.29, 0.717) is 0 Å². The van der Waals surface area contributed by atoms with E-state index in [4.69, 9.17) is 9.29 Å². The summed E-state index contributed by atoms with van der Waals surface area (Å²) >= 11 is -0.000115. The second-order valence-corrected chi connectivity index (χ2v) is 9.08. The standard InChI is InChI=1S/C13H10IO.C2H3F3O3S/c1-15-9-6-7-11-10-4-2-3-5-12(10)14-13(11)8-9;3-2(4,5)1-9(6,7)8/h2-8H,1H3;1H2,(H,6,7,8)/q+1;. The van der Waals surface area contributed by atoms with Crippen LogP contribution in [-0.4, -0.2) is 32.0 Å². The minimum atomic E-state index is -4.91. The Morgan fingerprint density at radius 1 is 1.08 bits per heavy atom. The molecule has 130 valence electrons. The summed E-state index contributed by atoms with van der Waals surface area (Å²) in [6.07, 6.45) is -4.85. The molecule has 2 aromatic rings. The van der Waals surface area contributed by atoms with Gasteiger partial charge in [-0.25, -0.2) is 0 Å². The summed E-state index contributed by atoms with van der Waals surface area (Å²) in [6.45, 7) is 0. The molecule has 0 saturated carbocycles. The van der Waals surface area contributed by atoms with Gasteiger partial charge in [-0.3, -0.25) is 4.55 Å². The van der Waals surface area contributed by atoms with Crippen molar-refractivity contribution < 1.29 is 52.1 Å². The Morgan fingerprint density at radius 3 is 2.25 bits per heavy atom. The van der Waals surface area contributed by atoms with Crippen LogP contribution in [0.1, 0.15) is 0 Å². The zero-order valence-electron chi connectivity index (χ0n) is 12.3. The third kappa shape index (κ3) is 5.35. The highest BCUT2D eigenvalue weighted by Gasteiger charge is 2.34. The van der Waals surface area contributed by atoms with Crippen LogP contribution in [0.2, 0.25) is 0 Å². The molecule has 0 radical (unpaired) electrons. The number of alkyl halides is 3. The Hall–Kier alpha value is -1.33. The molecule has 0 saturated heterocycles. The first-order valence-corrected chi connectivity index (χ1v) is 10.3. The number of methoxy groups -OCH3 is 1. The molecule has 0 aliphatic carbocycles. The van der Waals surface area contributed by atoms with Gasteiger partial charge in [0.2, 0.25) is 7.14 Å². The van der Waals surface area contributed by atoms with E-state index in [2.05, 4.69) is 36.4 Å². The highest BCUT2D eigenvalue weighted by Crippen LogP contribution is 2.24. The molecular formula is C15H13F3IO4S+. The first kappa shape index (κ1) is 19.0. The maximum absolute atomic E-state index is 11.0. The first-order valence-electron chi connectivity index (χ1n) is 6.53. The molecule has 1 N–H and O–H groups in total. The first-order chi connectivity index (χ1) is 11.1. The van der Waals surface area contributed by atoms with Gasteiger partial charge in [0.15, 0.2) is 5.75 Å². The number of rotatable bonds is 2. The summed E-state index contributed by atoms with van der Waals surface area (Å²) in [5.74, 6) is -1.21. The Labute approximate surface area is 147 Å². The maximum Gasteiger partial charge on any atom is 0.405 e. The molecule has 0 fully saturated rings. The zero-order chi connectivity index (χ0) is 18.0. The van der Waals surface area contributed by atoms with Crippen LogP contribution in [0.5, 0.6) is 5.75 Å². The molecule has 1 heterocycles.